The smallest absolute Gasteiger partial charge is 0.251 e. The van der Waals surface area contributed by atoms with Crippen LogP contribution in [0.5, 0.6) is 0 Å². The molecule has 5 heteroatoms. The van der Waals surface area contributed by atoms with Crippen LogP contribution in [0, 0.1) is 0 Å². The Bertz CT molecular complexity index is 673. The largest absolute Gasteiger partial charge is 0.467 e. The van der Waals surface area contributed by atoms with Gasteiger partial charge in [0.15, 0.2) is 0 Å². The topological polar surface area (TPSA) is 71.3 Å². The molecule has 2 N–H and O–H groups in total. The molecular formula is C18H20N2O3. The fourth-order valence-electron chi connectivity index (χ4n) is 2.82. The van der Waals surface area contributed by atoms with Gasteiger partial charge < -0.3 is 15.1 Å². The van der Waals surface area contributed by atoms with Crippen molar-refractivity contribution in [3.8, 4) is 0 Å². The van der Waals surface area contributed by atoms with E-state index in [9.17, 15) is 9.59 Å². The highest BCUT2D eigenvalue weighted by molar-refractivity contribution is 5.99. The van der Waals surface area contributed by atoms with Crippen molar-refractivity contribution in [3.63, 3.8) is 0 Å². The van der Waals surface area contributed by atoms with E-state index >= 15 is 0 Å². The molecule has 120 valence electrons. The van der Waals surface area contributed by atoms with E-state index in [1.807, 2.05) is 0 Å². The van der Waals surface area contributed by atoms with Gasteiger partial charge in [0.2, 0.25) is 0 Å². The molecule has 1 aromatic heterocycles. The second-order valence-electron chi connectivity index (χ2n) is 5.80. The Morgan fingerprint density at radius 3 is 2.48 bits per heavy atom. The van der Waals surface area contributed by atoms with Gasteiger partial charge in [0, 0.05) is 17.2 Å². The molecule has 2 amide bonds. The summed E-state index contributed by atoms with van der Waals surface area (Å²) in [5.41, 5.74) is 0.984. The second kappa shape index (κ2) is 7.13. The molecule has 0 spiro atoms. The van der Waals surface area contributed by atoms with E-state index in [-0.39, 0.29) is 17.9 Å². The van der Waals surface area contributed by atoms with Crippen LogP contribution in [0.15, 0.2) is 47.1 Å². The normalized spacial score (nSPS) is 14.6. The summed E-state index contributed by atoms with van der Waals surface area (Å²) in [5, 5.41) is 5.81. The summed E-state index contributed by atoms with van der Waals surface area (Å²) in [7, 11) is 0. The molecule has 1 fully saturated rings. The lowest BCUT2D eigenvalue weighted by Crippen LogP contribution is -2.32. The molecule has 1 heterocycles. The molecule has 0 bridgehead atoms. The third-order valence-corrected chi connectivity index (χ3v) is 4.08. The van der Waals surface area contributed by atoms with Crippen LogP contribution in [-0.2, 0) is 6.54 Å². The highest BCUT2D eigenvalue weighted by atomic mass is 16.3. The molecule has 5 nitrogen and oxygen atoms in total. The molecule has 1 aromatic carbocycles. The van der Waals surface area contributed by atoms with Crippen molar-refractivity contribution in [2.45, 2.75) is 38.3 Å². The molecule has 2 aromatic rings. The molecule has 0 radical (unpaired) electrons. The second-order valence-corrected chi connectivity index (χ2v) is 5.80. The zero-order chi connectivity index (χ0) is 16.1. The first-order valence-electron chi connectivity index (χ1n) is 7.94. The van der Waals surface area contributed by atoms with Crippen molar-refractivity contribution in [1.82, 2.24) is 10.6 Å². The zero-order valence-corrected chi connectivity index (χ0v) is 12.9. The number of hydrogen-bond acceptors (Lipinski definition) is 3. The number of benzene rings is 1. The molecule has 0 saturated heterocycles. The average molecular weight is 312 g/mol. The molecule has 0 unspecified atom stereocenters. The Labute approximate surface area is 135 Å². The van der Waals surface area contributed by atoms with E-state index in [0.29, 0.717) is 23.4 Å². The minimum atomic E-state index is -0.225. The highest BCUT2D eigenvalue weighted by Gasteiger charge is 2.18. The first-order valence-corrected chi connectivity index (χ1v) is 7.94. The van der Waals surface area contributed by atoms with Gasteiger partial charge in [-0.05, 0) is 43.2 Å². The predicted molar refractivity (Wildman–Crippen MR) is 86.0 cm³/mol. The van der Waals surface area contributed by atoms with E-state index in [1.54, 1.807) is 42.7 Å². The molecule has 23 heavy (non-hydrogen) atoms. The molecular weight excluding hydrogens is 292 g/mol. The minimum absolute atomic E-state index is 0.113. The third-order valence-electron chi connectivity index (χ3n) is 4.08. The summed E-state index contributed by atoms with van der Waals surface area (Å²) in [6, 6.07) is 10.6. The molecule has 1 saturated carbocycles. The number of carbonyl (C=O) groups excluding carboxylic acids is 2. The third kappa shape index (κ3) is 4.00. The highest BCUT2D eigenvalue weighted by Crippen LogP contribution is 2.18. The van der Waals surface area contributed by atoms with Crippen molar-refractivity contribution in [2.24, 2.45) is 0 Å². The van der Waals surface area contributed by atoms with Crippen LogP contribution in [0.3, 0.4) is 0 Å². The van der Waals surface area contributed by atoms with E-state index in [1.165, 1.54) is 12.8 Å². The van der Waals surface area contributed by atoms with Crippen molar-refractivity contribution < 1.29 is 14.0 Å². The average Bonchev–Trinajstić information content (AvgIpc) is 3.26. The van der Waals surface area contributed by atoms with E-state index in [4.69, 9.17) is 4.42 Å². The van der Waals surface area contributed by atoms with Crippen LogP contribution in [0.1, 0.15) is 52.2 Å². The van der Waals surface area contributed by atoms with Crippen LogP contribution in [-0.4, -0.2) is 17.9 Å². The number of rotatable bonds is 5. The number of carbonyl (C=O) groups is 2. The van der Waals surface area contributed by atoms with Gasteiger partial charge in [-0.1, -0.05) is 18.9 Å². The summed E-state index contributed by atoms with van der Waals surface area (Å²) in [6.45, 7) is 0.324. The van der Waals surface area contributed by atoms with Crippen LogP contribution in [0.4, 0.5) is 0 Å². The lowest BCUT2D eigenvalue weighted by atomic mass is 10.1. The molecule has 3 rings (SSSR count). The maximum atomic E-state index is 12.3. The monoisotopic (exact) mass is 312 g/mol. The van der Waals surface area contributed by atoms with Crippen molar-refractivity contribution in [2.75, 3.05) is 0 Å². The van der Waals surface area contributed by atoms with Crippen LogP contribution in [0.25, 0.3) is 0 Å². The van der Waals surface area contributed by atoms with E-state index in [2.05, 4.69) is 10.6 Å². The minimum Gasteiger partial charge on any atom is -0.467 e. The molecule has 1 aliphatic rings. The molecule has 1 aliphatic carbocycles. The summed E-state index contributed by atoms with van der Waals surface area (Å²) in [5.74, 6) is 0.350. The summed E-state index contributed by atoms with van der Waals surface area (Å²) >= 11 is 0. The number of amides is 2. The molecule has 0 atom stereocenters. The number of furan rings is 1. The van der Waals surface area contributed by atoms with Gasteiger partial charge in [-0.15, -0.1) is 0 Å². The van der Waals surface area contributed by atoms with Crippen LogP contribution in [0.2, 0.25) is 0 Å². The predicted octanol–water partition coefficient (Wildman–Crippen LogP) is 2.88. The standard InChI is InChI=1S/C18H20N2O3/c21-17(19-12-16-9-4-10-23-16)13-5-3-6-14(11-13)18(22)20-15-7-1-2-8-15/h3-6,9-11,15H,1-2,7-8,12H2,(H,19,21)(H,20,22). The van der Waals surface area contributed by atoms with Gasteiger partial charge in [-0.25, -0.2) is 0 Å². The fraction of sp³-hybridized carbons (Fsp3) is 0.333. The lowest BCUT2D eigenvalue weighted by Gasteiger charge is -2.12. The maximum absolute atomic E-state index is 12.3. The van der Waals surface area contributed by atoms with Crippen molar-refractivity contribution in [3.05, 3.63) is 59.5 Å². The maximum Gasteiger partial charge on any atom is 0.251 e. The Balaban J connectivity index is 1.61. The van der Waals surface area contributed by atoms with Crippen LogP contribution >= 0.6 is 0 Å². The van der Waals surface area contributed by atoms with Gasteiger partial charge in [-0.3, -0.25) is 9.59 Å². The van der Waals surface area contributed by atoms with Crippen molar-refractivity contribution >= 4 is 11.8 Å². The molecule has 0 aliphatic heterocycles. The number of nitrogens with one attached hydrogen (secondary N) is 2. The summed E-state index contributed by atoms with van der Waals surface area (Å²) in [6.07, 6.45) is 5.97. The van der Waals surface area contributed by atoms with Crippen molar-refractivity contribution in [1.29, 1.82) is 0 Å². The quantitative estimate of drug-likeness (QED) is 0.892. The zero-order valence-electron chi connectivity index (χ0n) is 12.9. The van der Waals surface area contributed by atoms with Gasteiger partial charge in [0.1, 0.15) is 5.76 Å². The van der Waals surface area contributed by atoms with Gasteiger partial charge >= 0.3 is 0 Å². The fourth-order valence-corrected chi connectivity index (χ4v) is 2.82. The van der Waals surface area contributed by atoms with E-state index in [0.717, 1.165) is 12.8 Å². The Hall–Kier alpha value is -2.56. The Morgan fingerprint density at radius 1 is 1.04 bits per heavy atom. The first kappa shape index (κ1) is 15.3. The summed E-state index contributed by atoms with van der Waals surface area (Å²) < 4.78 is 5.18. The summed E-state index contributed by atoms with van der Waals surface area (Å²) in [4.78, 5) is 24.4. The Kier molecular flexibility index (Phi) is 4.76. The lowest BCUT2D eigenvalue weighted by molar-refractivity contribution is 0.0938. The SMILES string of the molecule is O=C(NCc1ccco1)c1cccc(C(=O)NC2CCCC2)c1. The van der Waals surface area contributed by atoms with Gasteiger partial charge in [0.05, 0.1) is 12.8 Å². The van der Waals surface area contributed by atoms with Gasteiger partial charge in [0.25, 0.3) is 11.8 Å². The van der Waals surface area contributed by atoms with Gasteiger partial charge in [-0.2, -0.15) is 0 Å². The number of hydrogen-bond donors (Lipinski definition) is 2. The Morgan fingerprint density at radius 2 is 1.78 bits per heavy atom. The first-order chi connectivity index (χ1) is 11.2. The van der Waals surface area contributed by atoms with E-state index < -0.39 is 0 Å². The van der Waals surface area contributed by atoms with Crippen LogP contribution < -0.4 is 10.6 Å².